The van der Waals surface area contributed by atoms with Crippen LogP contribution in [0.15, 0.2) is 6.20 Å². The molecule has 0 radical (unpaired) electrons. The molecule has 0 saturated heterocycles. The molecule has 2 heterocycles. The number of rotatable bonds is 2. The van der Waals surface area contributed by atoms with Crippen molar-refractivity contribution in [2.75, 3.05) is 16.8 Å². The number of anilines is 2. The standard InChI is InChI=1S/C13H22N4O/c1-3-10-13(18)16(2)11-8-14-15-12(11)17(10)9-6-4-5-7-9/h8-10,13,18H,3-7H2,1-2H3,(H,14,15). The van der Waals surface area contributed by atoms with Gasteiger partial charge < -0.3 is 14.9 Å². The maximum atomic E-state index is 10.5. The number of fused-ring (bicyclic) bond motifs is 1. The molecule has 1 aliphatic carbocycles. The van der Waals surface area contributed by atoms with Crippen molar-refractivity contribution >= 4 is 11.5 Å². The molecular formula is C13H22N4O. The molecule has 1 aromatic rings. The van der Waals surface area contributed by atoms with Gasteiger partial charge in [-0.3, -0.25) is 5.10 Å². The fourth-order valence-electron chi connectivity index (χ4n) is 3.47. The molecule has 2 N–H and O–H groups in total. The second-order valence-corrected chi connectivity index (χ2v) is 5.45. The number of hydrogen-bond acceptors (Lipinski definition) is 4. The third kappa shape index (κ3) is 1.61. The van der Waals surface area contributed by atoms with Crippen molar-refractivity contribution in [3.63, 3.8) is 0 Å². The summed E-state index contributed by atoms with van der Waals surface area (Å²) in [6.07, 6.45) is 7.37. The van der Waals surface area contributed by atoms with E-state index in [0.717, 1.165) is 17.9 Å². The zero-order valence-corrected chi connectivity index (χ0v) is 11.1. The molecule has 2 atom stereocenters. The van der Waals surface area contributed by atoms with Crippen molar-refractivity contribution in [2.24, 2.45) is 0 Å². The maximum Gasteiger partial charge on any atom is 0.148 e. The number of aromatic nitrogens is 2. The molecule has 2 unspecified atom stereocenters. The Morgan fingerprint density at radius 1 is 1.44 bits per heavy atom. The Kier molecular flexibility index (Phi) is 2.93. The Hall–Kier alpha value is -1.23. The molecule has 1 fully saturated rings. The minimum Gasteiger partial charge on any atom is -0.371 e. The first-order valence-electron chi connectivity index (χ1n) is 6.96. The van der Waals surface area contributed by atoms with Crippen molar-refractivity contribution in [3.05, 3.63) is 6.20 Å². The Labute approximate surface area is 108 Å². The lowest BCUT2D eigenvalue weighted by molar-refractivity contribution is 0.128. The lowest BCUT2D eigenvalue weighted by Gasteiger charge is -2.47. The summed E-state index contributed by atoms with van der Waals surface area (Å²) >= 11 is 0. The first-order valence-corrected chi connectivity index (χ1v) is 6.96. The summed E-state index contributed by atoms with van der Waals surface area (Å²) in [5, 5.41) is 17.8. The average molecular weight is 250 g/mol. The number of aliphatic hydroxyl groups is 1. The van der Waals surface area contributed by atoms with Crippen molar-refractivity contribution in [2.45, 2.75) is 57.3 Å². The van der Waals surface area contributed by atoms with Crippen LogP contribution in [0, 0.1) is 0 Å². The Bertz CT molecular complexity index is 413. The van der Waals surface area contributed by atoms with Gasteiger partial charge in [-0.2, -0.15) is 5.10 Å². The SMILES string of the molecule is CCC1C(O)N(C)c2cn[nH]c2N1C1CCCC1. The van der Waals surface area contributed by atoms with Crippen molar-refractivity contribution < 1.29 is 5.11 Å². The number of likely N-dealkylation sites (N-methyl/N-ethyl adjacent to an activating group) is 1. The van der Waals surface area contributed by atoms with Gasteiger partial charge in [-0.15, -0.1) is 0 Å². The smallest absolute Gasteiger partial charge is 0.148 e. The summed E-state index contributed by atoms with van der Waals surface area (Å²) in [7, 11) is 1.94. The number of aliphatic hydroxyl groups excluding tert-OH is 1. The van der Waals surface area contributed by atoms with Crippen molar-refractivity contribution in [1.29, 1.82) is 0 Å². The van der Waals surface area contributed by atoms with Crippen LogP contribution in [0.25, 0.3) is 0 Å². The highest BCUT2D eigenvalue weighted by Gasteiger charge is 2.40. The van der Waals surface area contributed by atoms with Gasteiger partial charge in [-0.05, 0) is 19.3 Å². The molecule has 0 aromatic carbocycles. The third-order valence-electron chi connectivity index (χ3n) is 4.47. The Morgan fingerprint density at radius 3 is 2.83 bits per heavy atom. The van der Waals surface area contributed by atoms with Crippen molar-refractivity contribution in [1.82, 2.24) is 10.2 Å². The summed E-state index contributed by atoms with van der Waals surface area (Å²) in [5.41, 5.74) is 1.01. The molecule has 0 spiro atoms. The van der Waals surface area contributed by atoms with Crippen molar-refractivity contribution in [3.8, 4) is 0 Å². The molecule has 100 valence electrons. The van der Waals surface area contributed by atoms with Gasteiger partial charge in [0.15, 0.2) is 0 Å². The summed E-state index contributed by atoms with van der Waals surface area (Å²) in [6.45, 7) is 2.14. The van der Waals surface area contributed by atoms with Crippen LogP contribution < -0.4 is 9.80 Å². The molecule has 0 bridgehead atoms. The van der Waals surface area contributed by atoms with Crippen LogP contribution in [0.1, 0.15) is 39.0 Å². The number of nitrogens with zero attached hydrogens (tertiary/aromatic N) is 3. The van der Waals surface area contributed by atoms with Gasteiger partial charge >= 0.3 is 0 Å². The fourth-order valence-corrected chi connectivity index (χ4v) is 3.47. The van der Waals surface area contributed by atoms with Gasteiger partial charge in [0, 0.05) is 13.1 Å². The summed E-state index contributed by atoms with van der Waals surface area (Å²) in [4.78, 5) is 4.32. The molecular weight excluding hydrogens is 228 g/mol. The van der Waals surface area contributed by atoms with E-state index in [1.54, 1.807) is 0 Å². The first kappa shape index (κ1) is 11.8. The van der Waals surface area contributed by atoms with Crippen LogP contribution in [-0.2, 0) is 0 Å². The van der Waals surface area contributed by atoms with E-state index in [-0.39, 0.29) is 6.04 Å². The lowest BCUT2D eigenvalue weighted by atomic mass is 10.0. The molecule has 5 heteroatoms. The fraction of sp³-hybridized carbons (Fsp3) is 0.769. The largest absolute Gasteiger partial charge is 0.371 e. The molecule has 5 nitrogen and oxygen atoms in total. The van der Waals surface area contributed by atoms with Crippen LogP contribution in [0.5, 0.6) is 0 Å². The lowest BCUT2D eigenvalue weighted by Crippen LogP contribution is -2.57. The van der Waals surface area contributed by atoms with E-state index in [4.69, 9.17) is 0 Å². The monoisotopic (exact) mass is 250 g/mol. The zero-order chi connectivity index (χ0) is 12.7. The maximum absolute atomic E-state index is 10.5. The van der Waals surface area contributed by atoms with E-state index in [2.05, 4.69) is 22.0 Å². The first-order chi connectivity index (χ1) is 8.74. The molecule has 2 aliphatic rings. The van der Waals surface area contributed by atoms with Crippen LogP contribution >= 0.6 is 0 Å². The molecule has 1 aromatic heterocycles. The molecule has 3 rings (SSSR count). The van der Waals surface area contributed by atoms with E-state index < -0.39 is 6.23 Å². The van der Waals surface area contributed by atoms with Crippen LogP contribution in [-0.4, -0.2) is 40.7 Å². The second-order valence-electron chi connectivity index (χ2n) is 5.45. The highest BCUT2D eigenvalue weighted by atomic mass is 16.3. The highest BCUT2D eigenvalue weighted by Crippen LogP contribution is 2.40. The van der Waals surface area contributed by atoms with Gasteiger partial charge in [-0.25, -0.2) is 0 Å². The predicted octanol–water partition coefficient (Wildman–Crippen LogP) is 1.71. The molecule has 1 aliphatic heterocycles. The zero-order valence-electron chi connectivity index (χ0n) is 11.1. The minimum atomic E-state index is -0.444. The van der Waals surface area contributed by atoms with Gasteiger partial charge in [0.25, 0.3) is 0 Å². The quantitative estimate of drug-likeness (QED) is 0.839. The van der Waals surface area contributed by atoms with E-state index in [1.807, 2.05) is 18.1 Å². The molecule has 1 saturated carbocycles. The number of aromatic amines is 1. The van der Waals surface area contributed by atoms with Gasteiger partial charge in [0.1, 0.15) is 17.7 Å². The van der Waals surface area contributed by atoms with E-state index >= 15 is 0 Å². The average Bonchev–Trinajstić information content (AvgIpc) is 3.03. The summed E-state index contributed by atoms with van der Waals surface area (Å²) < 4.78 is 0. The Morgan fingerprint density at radius 2 is 2.17 bits per heavy atom. The normalized spacial score (nSPS) is 28.8. The van der Waals surface area contributed by atoms with Gasteiger partial charge in [0.05, 0.1) is 12.2 Å². The Balaban J connectivity index is 2.00. The van der Waals surface area contributed by atoms with Crippen LogP contribution in [0.4, 0.5) is 11.5 Å². The number of nitrogens with one attached hydrogen (secondary N) is 1. The highest BCUT2D eigenvalue weighted by molar-refractivity contribution is 5.70. The topological polar surface area (TPSA) is 55.4 Å². The van der Waals surface area contributed by atoms with Gasteiger partial charge in [0.2, 0.25) is 0 Å². The van der Waals surface area contributed by atoms with Gasteiger partial charge in [-0.1, -0.05) is 19.8 Å². The summed E-state index contributed by atoms with van der Waals surface area (Å²) in [6, 6.07) is 0.712. The third-order valence-corrected chi connectivity index (χ3v) is 4.47. The van der Waals surface area contributed by atoms with E-state index in [0.29, 0.717) is 6.04 Å². The molecule has 18 heavy (non-hydrogen) atoms. The predicted molar refractivity (Wildman–Crippen MR) is 71.8 cm³/mol. The minimum absolute atomic E-state index is 0.158. The van der Waals surface area contributed by atoms with E-state index in [9.17, 15) is 5.11 Å². The van der Waals surface area contributed by atoms with Crippen LogP contribution in [0.3, 0.4) is 0 Å². The number of H-pyrrole nitrogens is 1. The molecule has 0 amide bonds. The summed E-state index contributed by atoms with van der Waals surface area (Å²) in [5.74, 6) is 1.08. The van der Waals surface area contributed by atoms with Crippen LogP contribution in [0.2, 0.25) is 0 Å². The van der Waals surface area contributed by atoms with E-state index in [1.165, 1.54) is 25.7 Å². The number of hydrogen-bond donors (Lipinski definition) is 2. The second kappa shape index (κ2) is 4.46.